The number of nitrogens with zero attached hydrogens (tertiary/aromatic N) is 1. The lowest BCUT2D eigenvalue weighted by atomic mass is 10.5. The van der Waals surface area contributed by atoms with Crippen molar-refractivity contribution >= 4 is 11.3 Å². The Kier molecular flexibility index (Phi) is 4.21. The number of ether oxygens (including phenoxy) is 1. The highest BCUT2D eigenvalue weighted by atomic mass is 32.1. The Morgan fingerprint density at radius 2 is 2.50 bits per heavy atom. The maximum absolute atomic E-state index is 8.75. The standard InChI is InChI=1S/C8H13NO2S/c1-2-3-11-6-8-9-4-7(5-10)12-8/h4,10H,2-3,5-6H2,1H3. The molecule has 0 aliphatic heterocycles. The van der Waals surface area contributed by atoms with Gasteiger partial charge in [0.1, 0.15) is 5.01 Å². The van der Waals surface area contributed by atoms with Crippen molar-refractivity contribution in [2.24, 2.45) is 0 Å². The molecule has 0 unspecified atom stereocenters. The van der Waals surface area contributed by atoms with Gasteiger partial charge in [0.2, 0.25) is 0 Å². The predicted molar refractivity (Wildman–Crippen MR) is 48.0 cm³/mol. The highest BCUT2D eigenvalue weighted by Crippen LogP contribution is 2.13. The molecule has 1 rings (SSSR count). The van der Waals surface area contributed by atoms with E-state index in [9.17, 15) is 0 Å². The van der Waals surface area contributed by atoms with E-state index < -0.39 is 0 Å². The summed E-state index contributed by atoms with van der Waals surface area (Å²) in [6, 6.07) is 0. The molecule has 0 amide bonds. The molecule has 0 bridgehead atoms. The Morgan fingerprint density at radius 3 is 3.08 bits per heavy atom. The van der Waals surface area contributed by atoms with Gasteiger partial charge in [0.05, 0.1) is 18.1 Å². The van der Waals surface area contributed by atoms with Gasteiger partial charge < -0.3 is 9.84 Å². The maximum Gasteiger partial charge on any atom is 0.119 e. The predicted octanol–water partition coefficient (Wildman–Crippen LogP) is 1.56. The van der Waals surface area contributed by atoms with Gasteiger partial charge in [0.15, 0.2) is 0 Å². The van der Waals surface area contributed by atoms with Crippen LogP contribution in [0.3, 0.4) is 0 Å². The van der Waals surface area contributed by atoms with Gasteiger partial charge in [-0.15, -0.1) is 11.3 Å². The second-order valence-corrected chi connectivity index (χ2v) is 3.63. The summed E-state index contributed by atoms with van der Waals surface area (Å²) < 4.78 is 5.29. The fourth-order valence-corrected chi connectivity index (χ4v) is 1.51. The first kappa shape index (κ1) is 9.64. The van der Waals surface area contributed by atoms with E-state index in [0.717, 1.165) is 22.9 Å². The molecular formula is C8H13NO2S. The smallest absolute Gasteiger partial charge is 0.119 e. The van der Waals surface area contributed by atoms with Crippen LogP contribution in [0, 0.1) is 0 Å². The molecule has 0 atom stereocenters. The molecule has 1 heterocycles. The van der Waals surface area contributed by atoms with Gasteiger partial charge in [-0.1, -0.05) is 6.92 Å². The zero-order chi connectivity index (χ0) is 8.81. The molecule has 1 aromatic heterocycles. The molecule has 1 N–H and O–H groups in total. The molecule has 1 aromatic rings. The highest BCUT2D eigenvalue weighted by molar-refractivity contribution is 7.11. The molecule has 0 fully saturated rings. The molecule has 0 aliphatic rings. The van der Waals surface area contributed by atoms with Gasteiger partial charge in [-0.05, 0) is 6.42 Å². The van der Waals surface area contributed by atoms with E-state index in [4.69, 9.17) is 9.84 Å². The number of hydrogen-bond donors (Lipinski definition) is 1. The van der Waals surface area contributed by atoms with E-state index in [0.29, 0.717) is 6.61 Å². The van der Waals surface area contributed by atoms with Crippen molar-refractivity contribution in [2.45, 2.75) is 26.6 Å². The zero-order valence-corrected chi connectivity index (χ0v) is 7.93. The van der Waals surface area contributed by atoms with Gasteiger partial charge in [-0.3, -0.25) is 0 Å². The van der Waals surface area contributed by atoms with E-state index >= 15 is 0 Å². The Bertz CT molecular complexity index is 225. The van der Waals surface area contributed by atoms with Crippen molar-refractivity contribution in [3.63, 3.8) is 0 Å². The second-order valence-electron chi connectivity index (χ2n) is 2.43. The molecule has 0 radical (unpaired) electrons. The minimum atomic E-state index is 0.0748. The summed E-state index contributed by atoms with van der Waals surface area (Å²) in [5.74, 6) is 0. The van der Waals surface area contributed by atoms with Crippen LogP contribution in [0.1, 0.15) is 23.2 Å². The van der Waals surface area contributed by atoms with Gasteiger partial charge in [0, 0.05) is 12.8 Å². The molecule has 12 heavy (non-hydrogen) atoms. The first-order chi connectivity index (χ1) is 5.86. The third kappa shape index (κ3) is 2.89. The summed E-state index contributed by atoms with van der Waals surface area (Å²) in [5, 5.41) is 9.69. The summed E-state index contributed by atoms with van der Waals surface area (Å²) in [7, 11) is 0. The Hall–Kier alpha value is -0.450. The number of hydrogen-bond acceptors (Lipinski definition) is 4. The van der Waals surface area contributed by atoms with E-state index in [2.05, 4.69) is 11.9 Å². The number of aromatic nitrogens is 1. The van der Waals surface area contributed by atoms with Crippen molar-refractivity contribution in [3.8, 4) is 0 Å². The molecule has 0 saturated heterocycles. The van der Waals surface area contributed by atoms with Crippen LogP contribution in [-0.2, 0) is 18.0 Å². The Balaban J connectivity index is 2.31. The molecule has 0 saturated carbocycles. The first-order valence-electron chi connectivity index (χ1n) is 3.99. The minimum absolute atomic E-state index is 0.0748. The van der Waals surface area contributed by atoms with Gasteiger partial charge in [-0.25, -0.2) is 4.98 Å². The van der Waals surface area contributed by atoms with Crippen molar-refractivity contribution in [1.29, 1.82) is 0 Å². The summed E-state index contributed by atoms with van der Waals surface area (Å²) in [4.78, 5) is 4.99. The normalized spacial score (nSPS) is 10.5. The SMILES string of the molecule is CCCOCc1ncc(CO)s1. The van der Waals surface area contributed by atoms with E-state index in [-0.39, 0.29) is 6.61 Å². The Labute approximate surface area is 76.0 Å². The van der Waals surface area contributed by atoms with Crippen molar-refractivity contribution in [2.75, 3.05) is 6.61 Å². The largest absolute Gasteiger partial charge is 0.391 e. The fourth-order valence-electron chi connectivity index (χ4n) is 0.792. The topological polar surface area (TPSA) is 42.4 Å². The summed E-state index contributed by atoms with van der Waals surface area (Å²) in [5.41, 5.74) is 0. The van der Waals surface area contributed by atoms with Gasteiger partial charge in [-0.2, -0.15) is 0 Å². The lowest BCUT2D eigenvalue weighted by molar-refractivity contribution is 0.121. The molecule has 4 heteroatoms. The van der Waals surface area contributed by atoms with Crippen LogP contribution < -0.4 is 0 Å². The van der Waals surface area contributed by atoms with Crippen LogP contribution in [0.25, 0.3) is 0 Å². The van der Waals surface area contributed by atoms with Gasteiger partial charge in [0.25, 0.3) is 0 Å². The van der Waals surface area contributed by atoms with Gasteiger partial charge >= 0.3 is 0 Å². The summed E-state index contributed by atoms with van der Waals surface area (Å²) in [6.45, 7) is 3.49. The average Bonchev–Trinajstić information content (AvgIpc) is 2.53. The third-order valence-corrected chi connectivity index (χ3v) is 2.29. The zero-order valence-electron chi connectivity index (χ0n) is 7.12. The van der Waals surface area contributed by atoms with Crippen LogP contribution in [0.15, 0.2) is 6.20 Å². The molecule has 0 spiro atoms. The molecule has 3 nitrogen and oxygen atoms in total. The van der Waals surface area contributed by atoms with Crippen molar-refractivity contribution in [3.05, 3.63) is 16.1 Å². The fraction of sp³-hybridized carbons (Fsp3) is 0.625. The van der Waals surface area contributed by atoms with E-state index in [1.165, 1.54) is 11.3 Å². The number of thiazole rings is 1. The Morgan fingerprint density at radius 1 is 1.67 bits per heavy atom. The lowest BCUT2D eigenvalue weighted by Crippen LogP contribution is -1.92. The van der Waals surface area contributed by atoms with Crippen LogP contribution >= 0.6 is 11.3 Å². The first-order valence-corrected chi connectivity index (χ1v) is 4.80. The second kappa shape index (κ2) is 5.24. The highest BCUT2D eigenvalue weighted by Gasteiger charge is 1.99. The molecule has 0 aromatic carbocycles. The number of aliphatic hydroxyl groups is 1. The summed E-state index contributed by atoms with van der Waals surface area (Å²) in [6.07, 6.45) is 2.72. The average molecular weight is 187 g/mol. The summed E-state index contributed by atoms with van der Waals surface area (Å²) >= 11 is 1.50. The van der Waals surface area contributed by atoms with E-state index in [1.807, 2.05) is 0 Å². The molecule has 68 valence electrons. The van der Waals surface area contributed by atoms with E-state index in [1.54, 1.807) is 6.20 Å². The number of aliphatic hydroxyl groups excluding tert-OH is 1. The van der Waals surface area contributed by atoms with Crippen LogP contribution in [0.5, 0.6) is 0 Å². The third-order valence-electron chi connectivity index (χ3n) is 1.33. The van der Waals surface area contributed by atoms with Crippen LogP contribution in [0.4, 0.5) is 0 Å². The maximum atomic E-state index is 8.75. The van der Waals surface area contributed by atoms with Crippen molar-refractivity contribution in [1.82, 2.24) is 4.98 Å². The quantitative estimate of drug-likeness (QED) is 0.711. The van der Waals surface area contributed by atoms with Crippen LogP contribution in [-0.4, -0.2) is 16.7 Å². The monoisotopic (exact) mass is 187 g/mol. The van der Waals surface area contributed by atoms with Crippen LogP contribution in [0.2, 0.25) is 0 Å². The minimum Gasteiger partial charge on any atom is -0.391 e. The lowest BCUT2D eigenvalue weighted by Gasteiger charge is -1.96. The van der Waals surface area contributed by atoms with Crippen molar-refractivity contribution < 1.29 is 9.84 Å². The molecule has 0 aliphatic carbocycles. The molecular weight excluding hydrogens is 174 g/mol. The number of rotatable bonds is 5.